The minimum Gasteiger partial charge on any atom is -0.369 e. The van der Waals surface area contributed by atoms with Crippen LogP contribution < -0.4 is 11.1 Å². The second kappa shape index (κ2) is 10.9. The number of ketones is 1. The predicted octanol–water partition coefficient (Wildman–Crippen LogP) is 3.79. The van der Waals surface area contributed by atoms with Crippen LogP contribution in [0.15, 0.2) is 60.7 Å². The molecule has 2 aromatic carbocycles. The van der Waals surface area contributed by atoms with Crippen molar-refractivity contribution in [1.82, 2.24) is 9.88 Å². The molecule has 3 N–H and O–H groups in total. The Morgan fingerprint density at radius 2 is 1.89 bits per heavy atom. The van der Waals surface area contributed by atoms with Gasteiger partial charge in [-0.2, -0.15) is 5.26 Å². The lowest BCUT2D eigenvalue weighted by Crippen LogP contribution is -2.47. The molecule has 1 aromatic heterocycles. The van der Waals surface area contributed by atoms with Gasteiger partial charge in [0.25, 0.3) is 5.91 Å². The number of benzene rings is 2. The summed E-state index contributed by atoms with van der Waals surface area (Å²) in [5.41, 5.74) is 7.49. The number of carbonyl (C=O) groups excluding carboxylic acids is 2. The van der Waals surface area contributed by atoms with Crippen molar-refractivity contribution in [2.24, 2.45) is 5.73 Å². The standard InChI is InChI=1S/C27H28FN5O2/c1-27(2,30)24(34)17-33(3)26(35)22-11-12-23(21-10-5-4-8-19(21)16-29)32-25(22)31-14-13-18-7-6-9-20(28)15-18/h4-12,15H,13-14,17,30H2,1-3H3,(H,31,32). The van der Waals surface area contributed by atoms with Gasteiger partial charge in [0.15, 0.2) is 5.78 Å². The van der Waals surface area contributed by atoms with Crippen molar-refractivity contribution in [2.75, 3.05) is 25.5 Å². The molecule has 180 valence electrons. The summed E-state index contributed by atoms with van der Waals surface area (Å²) in [4.78, 5) is 31.5. The summed E-state index contributed by atoms with van der Waals surface area (Å²) < 4.78 is 13.5. The minimum absolute atomic E-state index is 0.149. The first-order chi connectivity index (χ1) is 16.6. The third kappa shape index (κ3) is 6.49. The number of halogens is 1. The number of nitrogens with two attached hydrogens (primary N) is 1. The van der Waals surface area contributed by atoms with E-state index in [1.54, 1.807) is 50.2 Å². The number of rotatable bonds is 9. The van der Waals surface area contributed by atoms with Crippen LogP contribution >= 0.6 is 0 Å². The van der Waals surface area contributed by atoms with Gasteiger partial charge in [-0.05, 0) is 56.2 Å². The van der Waals surface area contributed by atoms with Crippen molar-refractivity contribution in [1.29, 1.82) is 5.26 Å². The van der Waals surface area contributed by atoms with Crippen LogP contribution in [0, 0.1) is 17.1 Å². The van der Waals surface area contributed by atoms with E-state index in [0.29, 0.717) is 35.6 Å². The minimum atomic E-state index is -1.07. The fourth-order valence-corrected chi connectivity index (χ4v) is 3.43. The number of nitriles is 1. The Kier molecular flexibility index (Phi) is 7.94. The Hall–Kier alpha value is -4.09. The molecule has 0 saturated carbocycles. The average Bonchev–Trinajstić information content (AvgIpc) is 2.83. The predicted molar refractivity (Wildman–Crippen MR) is 133 cm³/mol. The summed E-state index contributed by atoms with van der Waals surface area (Å²) in [5, 5.41) is 12.7. The fourth-order valence-electron chi connectivity index (χ4n) is 3.43. The number of anilines is 1. The number of hydrogen-bond acceptors (Lipinski definition) is 6. The van der Waals surface area contributed by atoms with Crippen LogP contribution in [0.1, 0.15) is 35.3 Å². The van der Waals surface area contributed by atoms with Crippen LogP contribution in [0.5, 0.6) is 0 Å². The first-order valence-corrected chi connectivity index (χ1v) is 11.2. The zero-order chi connectivity index (χ0) is 25.6. The molecule has 35 heavy (non-hydrogen) atoms. The molecule has 1 heterocycles. The molecule has 7 nitrogen and oxygen atoms in total. The largest absolute Gasteiger partial charge is 0.369 e. The number of Topliss-reactive ketones (excluding diaryl/α,β-unsaturated/α-hetero) is 1. The van der Waals surface area contributed by atoms with E-state index >= 15 is 0 Å². The molecular weight excluding hydrogens is 445 g/mol. The maximum absolute atomic E-state index is 13.5. The number of hydrogen-bond donors (Lipinski definition) is 2. The van der Waals surface area contributed by atoms with Crippen molar-refractivity contribution in [3.05, 3.63) is 83.2 Å². The molecule has 0 fully saturated rings. The van der Waals surface area contributed by atoms with E-state index in [1.807, 2.05) is 12.1 Å². The number of carbonyl (C=O) groups is 2. The van der Waals surface area contributed by atoms with Crippen molar-refractivity contribution < 1.29 is 14.0 Å². The third-order valence-corrected chi connectivity index (χ3v) is 5.49. The average molecular weight is 474 g/mol. The van der Waals surface area contributed by atoms with Crippen molar-refractivity contribution in [3.63, 3.8) is 0 Å². The molecule has 0 radical (unpaired) electrons. The van der Waals surface area contributed by atoms with Gasteiger partial charge in [-0.15, -0.1) is 0 Å². The van der Waals surface area contributed by atoms with E-state index in [4.69, 9.17) is 5.73 Å². The summed E-state index contributed by atoms with van der Waals surface area (Å²) in [7, 11) is 1.53. The topological polar surface area (TPSA) is 112 Å². The van der Waals surface area contributed by atoms with Crippen LogP contribution in [-0.2, 0) is 11.2 Å². The molecule has 0 bridgehead atoms. The Morgan fingerprint density at radius 3 is 2.57 bits per heavy atom. The van der Waals surface area contributed by atoms with E-state index < -0.39 is 11.4 Å². The Balaban J connectivity index is 1.91. The quantitative estimate of drug-likeness (QED) is 0.489. The SMILES string of the molecule is CN(CC(=O)C(C)(C)N)C(=O)c1ccc(-c2ccccc2C#N)nc1NCCc1cccc(F)c1. The van der Waals surface area contributed by atoms with Gasteiger partial charge in [0, 0.05) is 19.2 Å². The molecule has 0 aliphatic heterocycles. The summed E-state index contributed by atoms with van der Waals surface area (Å²) >= 11 is 0. The number of likely N-dealkylation sites (N-methyl/N-ethyl adjacent to an activating group) is 1. The molecule has 0 saturated heterocycles. The lowest BCUT2D eigenvalue weighted by atomic mass is 10.0. The zero-order valence-electron chi connectivity index (χ0n) is 20.0. The maximum Gasteiger partial charge on any atom is 0.257 e. The molecule has 0 spiro atoms. The van der Waals surface area contributed by atoms with E-state index in [9.17, 15) is 19.2 Å². The van der Waals surface area contributed by atoms with Gasteiger partial charge in [0.1, 0.15) is 11.6 Å². The van der Waals surface area contributed by atoms with Crippen molar-refractivity contribution in [3.8, 4) is 17.3 Å². The van der Waals surface area contributed by atoms with Gasteiger partial charge in [-0.1, -0.05) is 30.3 Å². The second-order valence-corrected chi connectivity index (χ2v) is 8.86. The van der Waals surface area contributed by atoms with Gasteiger partial charge < -0.3 is 16.0 Å². The third-order valence-electron chi connectivity index (χ3n) is 5.49. The second-order valence-electron chi connectivity index (χ2n) is 8.86. The highest BCUT2D eigenvalue weighted by Crippen LogP contribution is 2.25. The number of amides is 1. The molecule has 1 amide bonds. The van der Waals surface area contributed by atoms with Crippen LogP contribution in [0.3, 0.4) is 0 Å². The molecule has 0 aliphatic carbocycles. The van der Waals surface area contributed by atoms with E-state index in [1.165, 1.54) is 24.1 Å². The molecule has 8 heteroatoms. The van der Waals surface area contributed by atoms with Gasteiger partial charge in [-0.3, -0.25) is 9.59 Å². The van der Waals surface area contributed by atoms with Crippen molar-refractivity contribution >= 4 is 17.5 Å². The molecule has 3 aromatic rings. The van der Waals surface area contributed by atoms with Gasteiger partial charge in [0.05, 0.1) is 35.0 Å². The molecule has 0 aliphatic rings. The first-order valence-electron chi connectivity index (χ1n) is 11.2. The number of pyridine rings is 1. The number of nitrogens with one attached hydrogen (secondary N) is 1. The van der Waals surface area contributed by atoms with E-state index in [2.05, 4.69) is 16.4 Å². The Bertz CT molecular complexity index is 1280. The van der Waals surface area contributed by atoms with Crippen LogP contribution in [0.25, 0.3) is 11.3 Å². The normalized spacial score (nSPS) is 11.0. The smallest absolute Gasteiger partial charge is 0.257 e. The van der Waals surface area contributed by atoms with Gasteiger partial charge >= 0.3 is 0 Å². The highest BCUT2D eigenvalue weighted by Gasteiger charge is 2.26. The Morgan fingerprint density at radius 1 is 1.14 bits per heavy atom. The molecule has 0 unspecified atom stereocenters. The van der Waals surface area contributed by atoms with E-state index in [0.717, 1.165) is 5.56 Å². The molecule has 0 atom stereocenters. The van der Waals surface area contributed by atoms with Crippen molar-refractivity contribution in [2.45, 2.75) is 25.8 Å². The van der Waals surface area contributed by atoms with Crippen LogP contribution in [-0.4, -0.2) is 47.3 Å². The summed E-state index contributed by atoms with van der Waals surface area (Å²) in [5.74, 6) is -0.686. The van der Waals surface area contributed by atoms with Crippen LogP contribution in [0.4, 0.5) is 10.2 Å². The Labute approximate surface area is 204 Å². The van der Waals surface area contributed by atoms with Crippen LogP contribution in [0.2, 0.25) is 0 Å². The first kappa shape index (κ1) is 25.5. The number of aromatic nitrogens is 1. The number of nitrogens with zero attached hydrogens (tertiary/aromatic N) is 3. The highest BCUT2D eigenvalue weighted by molar-refractivity contribution is 6.01. The van der Waals surface area contributed by atoms with E-state index in [-0.39, 0.29) is 23.7 Å². The summed E-state index contributed by atoms with van der Waals surface area (Å²) in [6, 6.07) is 18.8. The lowest BCUT2D eigenvalue weighted by molar-refractivity contribution is -0.123. The zero-order valence-corrected chi connectivity index (χ0v) is 20.0. The highest BCUT2D eigenvalue weighted by atomic mass is 19.1. The molecular formula is C27H28FN5O2. The lowest BCUT2D eigenvalue weighted by Gasteiger charge is -2.23. The van der Waals surface area contributed by atoms with Gasteiger partial charge in [0.2, 0.25) is 0 Å². The molecule has 3 rings (SSSR count). The van der Waals surface area contributed by atoms with Gasteiger partial charge in [-0.25, -0.2) is 9.37 Å². The summed E-state index contributed by atoms with van der Waals surface area (Å²) in [6.45, 7) is 3.43. The summed E-state index contributed by atoms with van der Waals surface area (Å²) in [6.07, 6.45) is 0.502. The maximum atomic E-state index is 13.5. The fraction of sp³-hybridized carbons (Fsp3) is 0.259. The monoisotopic (exact) mass is 473 g/mol.